The normalized spacial score (nSPS) is 16.3. The number of aliphatic hydroxyl groups is 1. The summed E-state index contributed by atoms with van der Waals surface area (Å²) in [7, 11) is 2.96. The van der Waals surface area contributed by atoms with E-state index in [0.717, 1.165) is 5.56 Å². The van der Waals surface area contributed by atoms with Crippen molar-refractivity contribution in [3.8, 4) is 23.3 Å². The maximum atomic E-state index is 13.5. The number of amides is 1. The molecular formula is C31H30N2O6. The van der Waals surface area contributed by atoms with Crippen LogP contribution in [0.3, 0.4) is 0 Å². The first-order chi connectivity index (χ1) is 18.7. The zero-order valence-corrected chi connectivity index (χ0v) is 22.5. The van der Waals surface area contributed by atoms with Crippen LogP contribution in [0.25, 0.3) is 5.76 Å². The molecular weight excluding hydrogens is 496 g/mol. The number of aliphatic hydroxyl groups excluding tert-OH is 1. The Bertz CT molecular complexity index is 1480. The average Bonchev–Trinajstić information content (AvgIpc) is 3.21. The Morgan fingerprint density at radius 3 is 2.33 bits per heavy atom. The van der Waals surface area contributed by atoms with Crippen LogP contribution in [-0.4, -0.2) is 37.6 Å². The number of nitrogens with zero attached hydrogens (tertiary/aromatic N) is 2. The number of nitriles is 1. The van der Waals surface area contributed by atoms with E-state index in [4.69, 9.17) is 14.2 Å². The van der Waals surface area contributed by atoms with E-state index >= 15 is 0 Å². The van der Waals surface area contributed by atoms with Crippen LogP contribution in [-0.2, 0) is 9.59 Å². The van der Waals surface area contributed by atoms with Crippen LogP contribution in [0.5, 0.6) is 17.2 Å². The number of ketones is 1. The molecule has 200 valence electrons. The quantitative estimate of drug-likeness (QED) is 0.233. The molecule has 1 amide bonds. The second-order valence-electron chi connectivity index (χ2n) is 9.60. The van der Waals surface area contributed by atoms with Crippen LogP contribution in [0.2, 0.25) is 0 Å². The SMILES string of the molecule is COc1cccc(C2/C(=C(/O)c3ccc(OCC(C)C)c(C)c3)C(=O)C(=O)N2c2ccc(C#N)cc2)c1OC. The predicted octanol–water partition coefficient (Wildman–Crippen LogP) is 5.55. The fraction of sp³-hybridized carbons (Fsp3) is 0.258. The van der Waals surface area contributed by atoms with Crippen molar-refractivity contribution in [2.75, 3.05) is 25.7 Å². The van der Waals surface area contributed by atoms with E-state index in [1.807, 2.05) is 13.0 Å². The Labute approximate surface area is 227 Å². The number of ether oxygens (including phenoxy) is 3. The number of aryl methyl sites for hydroxylation is 1. The lowest BCUT2D eigenvalue weighted by Gasteiger charge is -2.27. The van der Waals surface area contributed by atoms with Gasteiger partial charge in [0.25, 0.3) is 11.7 Å². The molecule has 39 heavy (non-hydrogen) atoms. The maximum absolute atomic E-state index is 13.5. The van der Waals surface area contributed by atoms with Crippen molar-refractivity contribution in [3.05, 3.63) is 88.5 Å². The van der Waals surface area contributed by atoms with Crippen molar-refractivity contribution in [2.45, 2.75) is 26.8 Å². The van der Waals surface area contributed by atoms with E-state index in [1.54, 1.807) is 60.7 Å². The van der Waals surface area contributed by atoms with Crippen molar-refractivity contribution in [3.63, 3.8) is 0 Å². The van der Waals surface area contributed by atoms with Crippen LogP contribution in [0.4, 0.5) is 5.69 Å². The molecule has 8 nitrogen and oxygen atoms in total. The van der Waals surface area contributed by atoms with E-state index in [9.17, 15) is 20.0 Å². The van der Waals surface area contributed by atoms with Gasteiger partial charge in [-0.3, -0.25) is 14.5 Å². The summed E-state index contributed by atoms with van der Waals surface area (Å²) in [6.45, 7) is 6.49. The van der Waals surface area contributed by atoms with Crippen molar-refractivity contribution < 1.29 is 28.9 Å². The molecule has 1 atom stereocenters. The lowest BCUT2D eigenvalue weighted by molar-refractivity contribution is -0.132. The number of Topliss-reactive ketones (excluding diaryl/α,β-unsaturated/α-hetero) is 1. The molecule has 0 aromatic heterocycles. The van der Waals surface area contributed by atoms with E-state index < -0.39 is 17.7 Å². The molecule has 0 radical (unpaired) electrons. The van der Waals surface area contributed by atoms with Crippen molar-refractivity contribution in [1.29, 1.82) is 5.26 Å². The van der Waals surface area contributed by atoms with Crippen molar-refractivity contribution >= 4 is 23.1 Å². The molecule has 8 heteroatoms. The first kappa shape index (κ1) is 27.3. The minimum absolute atomic E-state index is 0.0915. The molecule has 1 aliphatic rings. The monoisotopic (exact) mass is 526 g/mol. The highest BCUT2D eigenvalue weighted by Crippen LogP contribution is 2.47. The number of anilines is 1. The molecule has 3 aromatic rings. The van der Waals surface area contributed by atoms with E-state index in [2.05, 4.69) is 13.8 Å². The van der Waals surface area contributed by atoms with Crippen LogP contribution in [0.15, 0.2) is 66.2 Å². The van der Waals surface area contributed by atoms with Crippen molar-refractivity contribution in [1.82, 2.24) is 0 Å². The van der Waals surface area contributed by atoms with Crippen molar-refractivity contribution in [2.24, 2.45) is 5.92 Å². The van der Waals surface area contributed by atoms with Gasteiger partial charge in [-0.05, 0) is 66.9 Å². The standard InChI is InChI=1S/C31H30N2O6/c1-18(2)17-39-24-14-11-21(15-19(24)3)28(34)26-27(23-7-6-8-25(37-4)30(23)38-5)33(31(36)29(26)35)22-12-9-20(16-32)10-13-22/h6-15,18,27,34H,17H2,1-5H3/b28-26-. The van der Waals surface area contributed by atoms with Gasteiger partial charge < -0.3 is 19.3 Å². The first-order valence-electron chi connectivity index (χ1n) is 12.5. The summed E-state index contributed by atoms with van der Waals surface area (Å²) in [5.74, 6) is -0.238. The third-order valence-corrected chi connectivity index (χ3v) is 6.47. The molecule has 0 spiro atoms. The van der Waals surface area contributed by atoms with Gasteiger partial charge in [0.05, 0.1) is 44.1 Å². The van der Waals surface area contributed by atoms with E-state index in [1.165, 1.54) is 19.1 Å². The number of benzene rings is 3. The highest BCUT2D eigenvalue weighted by Gasteiger charge is 2.48. The first-order valence-corrected chi connectivity index (χ1v) is 12.5. The van der Waals surface area contributed by atoms with E-state index in [-0.39, 0.29) is 11.3 Å². The van der Waals surface area contributed by atoms with Gasteiger partial charge in [0.1, 0.15) is 11.5 Å². The van der Waals surface area contributed by atoms with Gasteiger partial charge in [-0.2, -0.15) is 5.26 Å². The topological polar surface area (TPSA) is 109 Å². The lowest BCUT2D eigenvalue weighted by Crippen LogP contribution is -2.29. The molecule has 1 aliphatic heterocycles. The third-order valence-electron chi connectivity index (χ3n) is 6.47. The Morgan fingerprint density at radius 2 is 1.74 bits per heavy atom. The number of methoxy groups -OCH3 is 2. The lowest BCUT2D eigenvalue weighted by atomic mass is 9.93. The number of hydrogen-bond donors (Lipinski definition) is 1. The number of para-hydroxylation sites is 1. The molecule has 1 N–H and O–H groups in total. The van der Waals surface area contributed by atoms with Crippen LogP contribution >= 0.6 is 0 Å². The molecule has 1 saturated heterocycles. The van der Waals surface area contributed by atoms with Gasteiger partial charge in [0.15, 0.2) is 11.5 Å². The largest absolute Gasteiger partial charge is 0.507 e. The zero-order chi connectivity index (χ0) is 28.3. The smallest absolute Gasteiger partial charge is 0.300 e. The van der Waals surface area contributed by atoms with Gasteiger partial charge in [0.2, 0.25) is 0 Å². The van der Waals surface area contributed by atoms with Crippen LogP contribution in [0, 0.1) is 24.2 Å². The molecule has 1 unspecified atom stereocenters. The van der Waals surface area contributed by atoms with Gasteiger partial charge in [-0.1, -0.05) is 26.0 Å². The average molecular weight is 527 g/mol. The summed E-state index contributed by atoms with van der Waals surface area (Å²) < 4.78 is 17.0. The zero-order valence-electron chi connectivity index (χ0n) is 22.5. The molecule has 0 saturated carbocycles. The minimum Gasteiger partial charge on any atom is -0.507 e. The predicted molar refractivity (Wildman–Crippen MR) is 147 cm³/mol. The minimum atomic E-state index is -1.03. The molecule has 4 rings (SSSR count). The van der Waals surface area contributed by atoms with E-state index in [0.29, 0.717) is 52.2 Å². The Balaban J connectivity index is 1.92. The molecule has 0 bridgehead atoms. The summed E-state index contributed by atoms with van der Waals surface area (Å²) in [6.07, 6.45) is 0. The Morgan fingerprint density at radius 1 is 1.03 bits per heavy atom. The van der Waals surface area contributed by atoms with Gasteiger partial charge in [-0.15, -0.1) is 0 Å². The van der Waals surface area contributed by atoms with Crippen LogP contribution in [0.1, 0.15) is 42.1 Å². The molecule has 1 fully saturated rings. The number of hydrogen-bond acceptors (Lipinski definition) is 7. The van der Waals surface area contributed by atoms with Gasteiger partial charge in [-0.25, -0.2) is 0 Å². The van der Waals surface area contributed by atoms with Gasteiger partial charge >= 0.3 is 0 Å². The second kappa shape index (κ2) is 11.3. The van der Waals surface area contributed by atoms with Gasteiger partial charge in [0, 0.05) is 16.8 Å². The fourth-order valence-corrected chi connectivity index (χ4v) is 4.59. The Kier molecular flexibility index (Phi) is 7.91. The number of rotatable bonds is 8. The number of carbonyl (C=O) groups is 2. The van der Waals surface area contributed by atoms with Crippen LogP contribution < -0.4 is 19.1 Å². The highest BCUT2D eigenvalue weighted by atomic mass is 16.5. The fourth-order valence-electron chi connectivity index (χ4n) is 4.59. The summed E-state index contributed by atoms with van der Waals surface area (Å²) in [5.41, 5.74) is 2.30. The molecule has 3 aromatic carbocycles. The summed E-state index contributed by atoms with van der Waals surface area (Å²) >= 11 is 0. The second-order valence-corrected chi connectivity index (χ2v) is 9.60. The third kappa shape index (κ3) is 5.16. The molecule has 0 aliphatic carbocycles. The Hall–Kier alpha value is -4.77. The highest BCUT2D eigenvalue weighted by molar-refractivity contribution is 6.51. The maximum Gasteiger partial charge on any atom is 0.300 e. The number of carbonyl (C=O) groups excluding carboxylic acids is 2. The summed E-state index contributed by atoms with van der Waals surface area (Å²) in [5, 5.41) is 20.8. The molecule has 1 heterocycles. The summed E-state index contributed by atoms with van der Waals surface area (Å²) in [4.78, 5) is 28.3. The summed E-state index contributed by atoms with van der Waals surface area (Å²) in [6, 6.07) is 17.6.